The van der Waals surface area contributed by atoms with Crippen molar-refractivity contribution in [3.05, 3.63) is 12.2 Å². The zero-order valence-electron chi connectivity index (χ0n) is 24.8. The second-order valence-corrected chi connectivity index (χ2v) is 11.7. The molecule has 0 saturated carbocycles. The summed E-state index contributed by atoms with van der Waals surface area (Å²) in [7, 11) is -4.73. The summed E-state index contributed by atoms with van der Waals surface area (Å²) >= 11 is 0. The molecule has 0 aliphatic carbocycles. The largest absolute Gasteiger partial charge is 0.469 e. The van der Waals surface area contributed by atoms with Crippen molar-refractivity contribution in [1.82, 2.24) is 0 Å². The summed E-state index contributed by atoms with van der Waals surface area (Å²) in [5.41, 5.74) is 0. The van der Waals surface area contributed by atoms with Crippen molar-refractivity contribution in [3.63, 3.8) is 0 Å². The molecule has 0 aromatic heterocycles. The van der Waals surface area contributed by atoms with Crippen LogP contribution >= 0.6 is 7.82 Å². The summed E-state index contributed by atoms with van der Waals surface area (Å²) in [5.74, 6) is -0.898. The fourth-order valence-corrected chi connectivity index (χ4v) is 4.55. The van der Waals surface area contributed by atoms with Crippen LogP contribution in [0.3, 0.4) is 0 Å². The Morgan fingerprint density at radius 1 is 0.641 bits per heavy atom. The molecule has 0 saturated heterocycles. The van der Waals surface area contributed by atoms with Gasteiger partial charge in [-0.15, -0.1) is 0 Å². The highest BCUT2D eigenvalue weighted by Gasteiger charge is 2.22. The van der Waals surface area contributed by atoms with Gasteiger partial charge < -0.3 is 19.3 Å². The Labute approximate surface area is 237 Å². The molecular weight excluding hydrogens is 519 g/mol. The molecule has 0 fully saturated rings. The van der Waals surface area contributed by atoms with Crippen molar-refractivity contribution in [3.8, 4) is 0 Å². The number of allylic oxidation sites excluding steroid dienone is 2. The van der Waals surface area contributed by atoms with Gasteiger partial charge >= 0.3 is 19.8 Å². The molecule has 1 atom stereocenters. The first-order chi connectivity index (χ1) is 18.8. The van der Waals surface area contributed by atoms with Gasteiger partial charge in [-0.25, -0.2) is 4.57 Å². The van der Waals surface area contributed by atoms with E-state index in [-0.39, 0.29) is 19.4 Å². The van der Waals surface area contributed by atoms with Crippen LogP contribution in [-0.4, -0.2) is 41.0 Å². The van der Waals surface area contributed by atoms with Gasteiger partial charge in [0.05, 0.1) is 6.61 Å². The number of carbonyl (C=O) groups excluding carboxylic acids is 2. The third kappa shape index (κ3) is 29.6. The van der Waals surface area contributed by atoms with E-state index in [1.807, 2.05) is 0 Å². The zero-order valence-corrected chi connectivity index (χ0v) is 25.7. The first-order valence-corrected chi connectivity index (χ1v) is 17.0. The van der Waals surface area contributed by atoms with E-state index in [1.165, 1.54) is 57.8 Å². The number of hydrogen-bond donors (Lipinski definition) is 2. The first kappa shape index (κ1) is 37.8. The minimum absolute atomic E-state index is 0.204. The Hall–Kier alpha value is -1.21. The standard InChI is InChI=1S/C30H57O8P/c1-3-5-7-9-11-13-14-15-17-19-21-23-25-30(32)38-28(27-37-39(33,34)35)26-36-29(31)24-22-20-18-16-12-10-8-6-4-2/h11,13,28H,3-10,12,14-27H2,1-2H3,(H2,33,34,35)/b13-11+/t28-/m0/s1. The van der Waals surface area contributed by atoms with Gasteiger partial charge in [-0.3, -0.25) is 14.1 Å². The number of carbonyl (C=O) groups is 2. The molecule has 0 unspecified atom stereocenters. The summed E-state index contributed by atoms with van der Waals surface area (Å²) < 4.78 is 26.1. The number of phosphoric acid groups is 1. The van der Waals surface area contributed by atoms with Crippen molar-refractivity contribution >= 4 is 19.8 Å². The van der Waals surface area contributed by atoms with Crippen LogP contribution in [0.5, 0.6) is 0 Å². The molecule has 2 N–H and O–H groups in total. The summed E-state index contributed by atoms with van der Waals surface area (Å²) in [6, 6.07) is 0. The Morgan fingerprint density at radius 2 is 1.08 bits per heavy atom. The minimum Gasteiger partial charge on any atom is -0.462 e. The summed E-state index contributed by atoms with van der Waals surface area (Å²) in [6.07, 6.45) is 25.1. The number of ether oxygens (including phenoxy) is 2. The maximum absolute atomic E-state index is 12.2. The van der Waals surface area contributed by atoms with Crippen LogP contribution in [0.15, 0.2) is 12.2 Å². The number of hydrogen-bond acceptors (Lipinski definition) is 6. The second-order valence-electron chi connectivity index (χ2n) is 10.4. The molecule has 230 valence electrons. The van der Waals surface area contributed by atoms with Gasteiger partial charge in [0.2, 0.25) is 0 Å². The molecule has 0 spiro atoms. The minimum atomic E-state index is -4.73. The van der Waals surface area contributed by atoms with Gasteiger partial charge in [-0.05, 0) is 38.5 Å². The van der Waals surface area contributed by atoms with E-state index in [9.17, 15) is 14.2 Å². The van der Waals surface area contributed by atoms with Crippen molar-refractivity contribution < 1.29 is 37.9 Å². The van der Waals surface area contributed by atoms with Gasteiger partial charge in [-0.1, -0.05) is 109 Å². The summed E-state index contributed by atoms with van der Waals surface area (Å²) in [6.45, 7) is 3.59. The average molecular weight is 577 g/mol. The Kier molecular flexibility index (Phi) is 26.1. The number of phosphoric ester groups is 1. The van der Waals surface area contributed by atoms with E-state index in [1.54, 1.807) is 0 Å². The molecule has 0 radical (unpaired) electrons. The van der Waals surface area contributed by atoms with Gasteiger partial charge in [0, 0.05) is 12.8 Å². The maximum atomic E-state index is 12.2. The Balaban J connectivity index is 4.07. The first-order valence-electron chi connectivity index (χ1n) is 15.5. The molecule has 0 bridgehead atoms. The molecule has 9 heteroatoms. The van der Waals surface area contributed by atoms with Crippen molar-refractivity contribution in [1.29, 1.82) is 0 Å². The van der Waals surface area contributed by atoms with Crippen molar-refractivity contribution in [2.45, 2.75) is 155 Å². The van der Waals surface area contributed by atoms with Crippen LogP contribution in [-0.2, 0) is 28.2 Å². The predicted molar refractivity (Wildman–Crippen MR) is 156 cm³/mol. The predicted octanol–water partition coefficient (Wildman–Crippen LogP) is 8.34. The molecule has 39 heavy (non-hydrogen) atoms. The lowest BCUT2D eigenvalue weighted by Crippen LogP contribution is -2.29. The van der Waals surface area contributed by atoms with Gasteiger partial charge in [0.25, 0.3) is 0 Å². The second kappa shape index (κ2) is 27.0. The highest BCUT2D eigenvalue weighted by Crippen LogP contribution is 2.35. The summed E-state index contributed by atoms with van der Waals surface area (Å²) in [5, 5.41) is 0. The summed E-state index contributed by atoms with van der Waals surface area (Å²) in [4.78, 5) is 42.3. The molecule has 0 aliphatic heterocycles. The normalized spacial score (nSPS) is 12.6. The van der Waals surface area contributed by atoms with E-state index in [0.717, 1.165) is 57.8 Å². The Bertz CT molecular complexity index is 661. The van der Waals surface area contributed by atoms with Crippen LogP contribution in [0.2, 0.25) is 0 Å². The van der Waals surface area contributed by atoms with Crippen LogP contribution in [0, 0.1) is 0 Å². The van der Waals surface area contributed by atoms with Gasteiger partial charge in [0.15, 0.2) is 6.10 Å². The smallest absolute Gasteiger partial charge is 0.462 e. The lowest BCUT2D eigenvalue weighted by Gasteiger charge is -2.18. The van der Waals surface area contributed by atoms with E-state index in [0.29, 0.717) is 6.42 Å². The molecule has 0 aliphatic rings. The third-order valence-electron chi connectivity index (χ3n) is 6.53. The van der Waals surface area contributed by atoms with Gasteiger partial charge in [-0.2, -0.15) is 0 Å². The quantitative estimate of drug-likeness (QED) is 0.0413. The molecule has 0 amide bonds. The lowest BCUT2D eigenvalue weighted by molar-refractivity contribution is -0.161. The van der Waals surface area contributed by atoms with Crippen LogP contribution in [0.4, 0.5) is 0 Å². The molecule has 0 heterocycles. The topological polar surface area (TPSA) is 119 Å². The van der Waals surface area contributed by atoms with Crippen LogP contribution in [0.1, 0.15) is 149 Å². The van der Waals surface area contributed by atoms with E-state index in [2.05, 4.69) is 30.5 Å². The van der Waals surface area contributed by atoms with Crippen molar-refractivity contribution in [2.24, 2.45) is 0 Å². The molecule has 0 aromatic rings. The maximum Gasteiger partial charge on any atom is 0.469 e. The lowest BCUT2D eigenvalue weighted by atomic mass is 10.1. The average Bonchev–Trinajstić information content (AvgIpc) is 2.89. The number of rotatable bonds is 28. The monoisotopic (exact) mass is 576 g/mol. The highest BCUT2D eigenvalue weighted by atomic mass is 31.2. The molecular formula is C30H57O8P. The van der Waals surface area contributed by atoms with E-state index in [4.69, 9.17) is 19.3 Å². The zero-order chi connectivity index (χ0) is 29.0. The Morgan fingerprint density at radius 3 is 1.62 bits per heavy atom. The van der Waals surface area contributed by atoms with E-state index >= 15 is 0 Å². The highest BCUT2D eigenvalue weighted by molar-refractivity contribution is 7.46. The fourth-order valence-electron chi connectivity index (χ4n) is 4.19. The van der Waals surface area contributed by atoms with Gasteiger partial charge in [0.1, 0.15) is 6.61 Å². The number of unbranched alkanes of at least 4 members (excludes halogenated alkanes) is 16. The fraction of sp³-hybridized carbons (Fsp3) is 0.867. The molecule has 0 aromatic carbocycles. The van der Waals surface area contributed by atoms with Crippen LogP contribution < -0.4 is 0 Å². The SMILES string of the molecule is CCCCC/C=C/CCCCCCCC(=O)O[C@@H](COC(=O)CCCCCCCCCCC)COP(=O)(O)O. The third-order valence-corrected chi connectivity index (χ3v) is 7.02. The molecule has 8 nitrogen and oxygen atoms in total. The van der Waals surface area contributed by atoms with E-state index < -0.39 is 32.5 Å². The molecule has 0 rings (SSSR count). The van der Waals surface area contributed by atoms with Crippen molar-refractivity contribution in [2.75, 3.05) is 13.2 Å². The van der Waals surface area contributed by atoms with Crippen LogP contribution in [0.25, 0.3) is 0 Å². The number of esters is 2.